The molecule has 0 bridgehead atoms. The van der Waals surface area contributed by atoms with E-state index in [-0.39, 0.29) is 0 Å². The van der Waals surface area contributed by atoms with Gasteiger partial charge in [-0.3, -0.25) is 0 Å². The van der Waals surface area contributed by atoms with Crippen LogP contribution in [-0.2, 0) is 0 Å². The lowest BCUT2D eigenvalue weighted by molar-refractivity contribution is 0.356. The monoisotopic (exact) mass is 235 g/mol. The standard InChI is InChI=1S/C14H25N3/c1-2-3-7-10-15-14-16-11-12-17(14)13-8-5-4-6-9-13/h11-13H,2-10H2,1H3,(H,15,16). The van der Waals surface area contributed by atoms with Crippen LogP contribution in [0.1, 0.15) is 64.3 Å². The van der Waals surface area contributed by atoms with Gasteiger partial charge >= 0.3 is 0 Å². The first kappa shape index (κ1) is 12.5. The Balaban J connectivity index is 1.87. The summed E-state index contributed by atoms with van der Waals surface area (Å²) < 4.78 is 2.35. The molecule has 1 aromatic heterocycles. The topological polar surface area (TPSA) is 29.9 Å². The highest BCUT2D eigenvalue weighted by Crippen LogP contribution is 2.30. The summed E-state index contributed by atoms with van der Waals surface area (Å²) in [7, 11) is 0. The fraction of sp³-hybridized carbons (Fsp3) is 0.786. The first-order chi connectivity index (χ1) is 8.42. The molecular formula is C14H25N3. The molecule has 0 saturated heterocycles. The molecule has 3 nitrogen and oxygen atoms in total. The zero-order valence-electron chi connectivity index (χ0n) is 11.0. The SMILES string of the molecule is CCCCCNc1nccn1C1CCCCC1. The minimum Gasteiger partial charge on any atom is -0.356 e. The Morgan fingerprint density at radius 1 is 1.29 bits per heavy atom. The van der Waals surface area contributed by atoms with Crippen LogP contribution in [0.25, 0.3) is 0 Å². The van der Waals surface area contributed by atoms with E-state index in [4.69, 9.17) is 0 Å². The third-order valence-corrected chi connectivity index (χ3v) is 3.70. The van der Waals surface area contributed by atoms with Crippen LogP contribution in [0.15, 0.2) is 12.4 Å². The van der Waals surface area contributed by atoms with Gasteiger partial charge in [0.25, 0.3) is 0 Å². The van der Waals surface area contributed by atoms with Gasteiger partial charge in [-0.1, -0.05) is 39.0 Å². The van der Waals surface area contributed by atoms with Crippen LogP contribution in [-0.4, -0.2) is 16.1 Å². The second kappa shape index (κ2) is 6.67. The average Bonchev–Trinajstić information content (AvgIpc) is 2.84. The lowest BCUT2D eigenvalue weighted by atomic mass is 9.95. The van der Waals surface area contributed by atoms with Crippen LogP contribution >= 0.6 is 0 Å². The summed E-state index contributed by atoms with van der Waals surface area (Å²) >= 11 is 0. The van der Waals surface area contributed by atoms with E-state index >= 15 is 0 Å². The smallest absolute Gasteiger partial charge is 0.203 e. The molecule has 0 spiro atoms. The molecule has 0 atom stereocenters. The van der Waals surface area contributed by atoms with Crippen molar-refractivity contribution in [2.75, 3.05) is 11.9 Å². The van der Waals surface area contributed by atoms with E-state index in [0.717, 1.165) is 12.5 Å². The van der Waals surface area contributed by atoms with E-state index in [1.807, 2.05) is 6.20 Å². The Hall–Kier alpha value is -0.990. The van der Waals surface area contributed by atoms with Crippen molar-refractivity contribution in [3.63, 3.8) is 0 Å². The maximum Gasteiger partial charge on any atom is 0.203 e. The zero-order valence-corrected chi connectivity index (χ0v) is 11.0. The van der Waals surface area contributed by atoms with Gasteiger partial charge in [-0.15, -0.1) is 0 Å². The maximum absolute atomic E-state index is 4.44. The van der Waals surface area contributed by atoms with Crippen LogP contribution in [0.2, 0.25) is 0 Å². The largest absolute Gasteiger partial charge is 0.356 e. The lowest BCUT2D eigenvalue weighted by Crippen LogP contribution is -2.16. The second-order valence-corrected chi connectivity index (χ2v) is 5.08. The van der Waals surface area contributed by atoms with Crippen molar-refractivity contribution in [3.05, 3.63) is 12.4 Å². The number of aromatic nitrogens is 2. The molecule has 1 aliphatic rings. The van der Waals surface area contributed by atoms with Gasteiger partial charge in [-0.25, -0.2) is 4.98 Å². The molecule has 2 rings (SSSR count). The first-order valence-corrected chi connectivity index (χ1v) is 7.18. The molecule has 1 heterocycles. The van der Waals surface area contributed by atoms with Gasteiger partial charge < -0.3 is 9.88 Å². The number of rotatable bonds is 6. The summed E-state index contributed by atoms with van der Waals surface area (Å²) in [5, 5.41) is 3.48. The minimum atomic E-state index is 0.680. The molecule has 0 aromatic carbocycles. The van der Waals surface area contributed by atoms with E-state index in [0.29, 0.717) is 6.04 Å². The maximum atomic E-state index is 4.44. The molecule has 1 fully saturated rings. The predicted octanol–water partition coefficient (Wildman–Crippen LogP) is 3.99. The highest BCUT2D eigenvalue weighted by atomic mass is 15.2. The molecule has 0 aliphatic heterocycles. The van der Waals surface area contributed by atoms with E-state index in [9.17, 15) is 0 Å². The molecular weight excluding hydrogens is 210 g/mol. The van der Waals surface area contributed by atoms with Crippen LogP contribution in [0.4, 0.5) is 5.95 Å². The number of hydrogen-bond donors (Lipinski definition) is 1. The molecule has 1 aromatic rings. The molecule has 3 heteroatoms. The summed E-state index contributed by atoms with van der Waals surface area (Å²) in [6, 6.07) is 0.680. The molecule has 1 aliphatic carbocycles. The Kier molecular flexibility index (Phi) is 4.89. The van der Waals surface area contributed by atoms with E-state index < -0.39 is 0 Å². The van der Waals surface area contributed by atoms with Gasteiger partial charge in [-0.05, 0) is 19.3 Å². The summed E-state index contributed by atoms with van der Waals surface area (Å²) in [4.78, 5) is 4.44. The number of imidazole rings is 1. The summed E-state index contributed by atoms with van der Waals surface area (Å²) in [6.07, 6.45) is 14.7. The summed E-state index contributed by atoms with van der Waals surface area (Å²) in [5.74, 6) is 1.08. The number of anilines is 1. The number of hydrogen-bond acceptors (Lipinski definition) is 2. The van der Waals surface area contributed by atoms with E-state index in [2.05, 4.69) is 28.0 Å². The van der Waals surface area contributed by atoms with Crippen molar-refractivity contribution < 1.29 is 0 Å². The summed E-state index contributed by atoms with van der Waals surface area (Å²) in [5.41, 5.74) is 0. The number of nitrogens with one attached hydrogen (secondary N) is 1. The van der Waals surface area contributed by atoms with Gasteiger partial charge in [0.15, 0.2) is 0 Å². The minimum absolute atomic E-state index is 0.680. The van der Waals surface area contributed by atoms with E-state index in [1.165, 1.54) is 51.4 Å². The molecule has 0 unspecified atom stereocenters. The fourth-order valence-corrected chi connectivity index (χ4v) is 2.68. The lowest BCUT2D eigenvalue weighted by Gasteiger charge is -2.24. The molecule has 1 saturated carbocycles. The van der Waals surface area contributed by atoms with Crippen molar-refractivity contribution in [2.24, 2.45) is 0 Å². The normalized spacial score (nSPS) is 17.2. The van der Waals surface area contributed by atoms with Crippen molar-refractivity contribution >= 4 is 5.95 Å². The molecule has 0 amide bonds. The number of unbranched alkanes of at least 4 members (excludes halogenated alkanes) is 2. The first-order valence-electron chi connectivity index (χ1n) is 7.18. The number of nitrogens with zero attached hydrogens (tertiary/aromatic N) is 2. The average molecular weight is 235 g/mol. The molecule has 96 valence electrons. The van der Waals surface area contributed by atoms with Crippen molar-refractivity contribution in [1.82, 2.24) is 9.55 Å². The molecule has 1 N–H and O–H groups in total. The van der Waals surface area contributed by atoms with Crippen LogP contribution < -0.4 is 5.32 Å². The van der Waals surface area contributed by atoms with Crippen molar-refractivity contribution in [2.45, 2.75) is 64.3 Å². The van der Waals surface area contributed by atoms with Crippen LogP contribution in [0, 0.1) is 0 Å². The Morgan fingerprint density at radius 3 is 2.88 bits per heavy atom. The Labute approximate surface area is 105 Å². The van der Waals surface area contributed by atoms with Crippen molar-refractivity contribution in [1.29, 1.82) is 0 Å². The molecule has 17 heavy (non-hydrogen) atoms. The fourth-order valence-electron chi connectivity index (χ4n) is 2.68. The van der Waals surface area contributed by atoms with Gasteiger partial charge in [-0.2, -0.15) is 0 Å². The highest BCUT2D eigenvalue weighted by molar-refractivity contribution is 5.26. The third kappa shape index (κ3) is 3.48. The van der Waals surface area contributed by atoms with Gasteiger partial charge in [0, 0.05) is 25.0 Å². The quantitative estimate of drug-likeness (QED) is 0.755. The van der Waals surface area contributed by atoms with Crippen LogP contribution in [0.3, 0.4) is 0 Å². The Bertz CT molecular complexity index is 313. The zero-order chi connectivity index (χ0) is 11.9. The van der Waals surface area contributed by atoms with Gasteiger partial charge in [0.05, 0.1) is 0 Å². The molecule has 0 radical (unpaired) electrons. The van der Waals surface area contributed by atoms with E-state index in [1.54, 1.807) is 0 Å². The van der Waals surface area contributed by atoms with Crippen molar-refractivity contribution in [3.8, 4) is 0 Å². The Morgan fingerprint density at radius 2 is 2.12 bits per heavy atom. The van der Waals surface area contributed by atoms with Gasteiger partial charge in [0.2, 0.25) is 5.95 Å². The summed E-state index contributed by atoms with van der Waals surface area (Å²) in [6.45, 7) is 3.29. The predicted molar refractivity (Wildman–Crippen MR) is 72.4 cm³/mol. The third-order valence-electron chi connectivity index (χ3n) is 3.70. The van der Waals surface area contributed by atoms with Crippen LogP contribution in [0.5, 0.6) is 0 Å². The highest BCUT2D eigenvalue weighted by Gasteiger charge is 2.17. The second-order valence-electron chi connectivity index (χ2n) is 5.08. The van der Waals surface area contributed by atoms with Gasteiger partial charge in [0.1, 0.15) is 0 Å².